The fourth-order valence-corrected chi connectivity index (χ4v) is 1.77. The minimum absolute atomic E-state index is 0.0528. The lowest BCUT2D eigenvalue weighted by molar-refractivity contribution is 0.0510. The molecule has 0 bridgehead atoms. The van der Waals surface area contributed by atoms with Crippen molar-refractivity contribution < 1.29 is 23.8 Å². The van der Waals surface area contributed by atoms with Gasteiger partial charge in [0.1, 0.15) is 17.3 Å². The van der Waals surface area contributed by atoms with Crippen molar-refractivity contribution in [2.24, 2.45) is 0 Å². The summed E-state index contributed by atoms with van der Waals surface area (Å²) in [4.78, 5) is 12.0. The highest BCUT2D eigenvalue weighted by molar-refractivity contribution is 6.08. The Bertz CT molecular complexity index is 678. The van der Waals surface area contributed by atoms with Crippen LogP contribution < -0.4 is 4.74 Å². The maximum Gasteiger partial charge on any atom is 0.189 e. The second-order valence-corrected chi connectivity index (χ2v) is 4.48. The number of ketones is 1. The largest absolute Gasteiger partial charge is 0.507 e. The van der Waals surface area contributed by atoms with Gasteiger partial charge in [0.25, 0.3) is 0 Å². The standard InChI is InChI=1S/C17H15FO4/c1-21-11-22-14-7-8-15(17(20)10-14)16(19)9-4-12-2-5-13(18)6-3-12/h2-10,20H,11H2,1H3. The normalized spacial score (nSPS) is 10.8. The Morgan fingerprint density at radius 3 is 2.59 bits per heavy atom. The first-order chi connectivity index (χ1) is 10.6. The van der Waals surface area contributed by atoms with Crippen molar-refractivity contribution in [3.8, 4) is 11.5 Å². The van der Waals surface area contributed by atoms with E-state index in [1.54, 1.807) is 24.3 Å². The van der Waals surface area contributed by atoms with Gasteiger partial charge in [-0.15, -0.1) is 0 Å². The lowest BCUT2D eigenvalue weighted by Gasteiger charge is -2.06. The monoisotopic (exact) mass is 302 g/mol. The lowest BCUT2D eigenvalue weighted by atomic mass is 10.1. The van der Waals surface area contributed by atoms with Gasteiger partial charge in [-0.3, -0.25) is 4.79 Å². The molecule has 2 rings (SSSR count). The maximum absolute atomic E-state index is 12.8. The molecule has 0 aliphatic heterocycles. The second-order valence-electron chi connectivity index (χ2n) is 4.48. The molecule has 0 saturated heterocycles. The third-order valence-electron chi connectivity index (χ3n) is 2.88. The van der Waals surface area contributed by atoms with E-state index in [0.29, 0.717) is 11.3 Å². The zero-order chi connectivity index (χ0) is 15.9. The highest BCUT2D eigenvalue weighted by atomic mass is 19.1. The number of ether oxygens (including phenoxy) is 2. The summed E-state index contributed by atoms with van der Waals surface area (Å²) in [6, 6.07) is 10.1. The molecule has 2 aromatic carbocycles. The van der Waals surface area contributed by atoms with Gasteiger partial charge in [-0.1, -0.05) is 18.2 Å². The minimum Gasteiger partial charge on any atom is -0.507 e. The molecule has 2 aromatic rings. The average molecular weight is 302 g/mol. The highest BCUT2D eigenvalue weighted by Gasteiger charge is 2.09. The van der Waals surface area contributed by atoms with Crippen LogP contribution in [0, 0.1) is 5.82 Å². The number of allylic oxidation sites excluding steroid dienone is 1. The molecule has 4 nitrogen and oxygen atoms in total. The summed E-state index contributed by atoms with van der Waals surface area (Å²) >= 11 is 0. The van der Waals surface area contributed by atoms with E-state index in [-0.39, 0.29) is 29.7 Å². The Kier molecular flexibility index (Phi) is 5.27. The van der Waals surface area contributed by atoms with Gasteiger partial charge in [0.15, 0.2) is 12.6 Å². The van der Waals surface area contributed by atoms with Crippen molar-refractivity contribution in [3.05, 3.63) is 65.5 Å². The van der Waals surface area contributed by atoms with Crippen LogP contribution in [0.5, 0.6) is 11.5 Å². The van der Waals surface area contributed by atoms with Crippen LogP contribution in [0.4, 0.5) is 4.39 Å². The fourth-order valence-electron chi connectivity index (χ4n) is 1.77. The van der Waals surface area contributed by atoms with E-state index in [9.17, 15) is 14.3 Å². The number of hydrogen-bond donors (Lipinski definition) is 1. The van der Waals surface area contributed by atoms with Crippen LogP contribution >= 0.6 is 0 Å². The van der Waals surface area contributed by atoms with E-state index in [1.165, 1.54) is 37.5 Å². The first-order valence-electron chi connectivity index (χ1n) is 6.53. The van der Waals surface area contributed by atoms with Crippen molar-refractivity contribution >= 4 is 11.9 Å². The summed E-state index contributed by atoms with van der Waals surface area (Å²) in [6.07, 6.45) is 2.87. The second kappa shape index (κ2) is 7.38. The van der Waals surface area contributed by atoms with Crippen LogP contribution in [-0.2, 0) is 4.74 Å². The van der Waals surface area contributed by atoms with Crippen LogP contribution in [0.25, 0.3) is 6.08 Å². The summed E-state index contributed by atoms with van der Waals surface area (Å²) in [5.41, 5.74) is 0.845. The number of phenolic OH excluding ortho intramolecular Hbond substituents is 1. The number of halogens is 1. The third kappa shape index (κ3) is 4.17. The van der Waals surface area contributed by atoms with Gasteiger partial charge in [0.05, 0.1) is 5.56 Å². The molecule has 5 heteroatoms. The van der Waals surface area contributed by atoms with Crippen LogP contribution in [0.1, 0.15) is 15.9 Å². The molecule has 0 amide bonds. The molecular weight excluding hydrogens is 287 g/mol. The summed E-state index contributed by atoms with van der Waals surface area (Å²) in [5, 5.41) is 9.87. The summed E-state index contributed by atoms with van der Waals surface area (Å²) in [6.45, 7) is 0.0528. The van der Waals surface area contributed by atoms with E-state index < -0.39 is 0 Å². The molecule has 0 atom stereocenters. The van der Waals surface area contributed by atoms with Crippen LogP contribution in [0.15, 0.2) is 48.5 Å². The Morgan fingerprint density at radius 1 is 1.23 bits per heavy atom. The van der Waals surface area contributed by atoms with E-state index in [4.69, 9.17) is 9.47 Å². The molecule has 0 aromatic heterocycles. The van der Waals surface area contributed by atoms with E-state index >= 15 is 0 Å². The van der Waals surface area contributed by atoms with Gasteiger partial charge in [-0.2, -0.15) is 0 Å². The third-order valence-corrected chi connectivity index (χ3v) is 2.88. The van der Waals surface area contributed by atoms with Crippen molar-refractivity contribution in [1.29, 1.82) is 0 Å². The number of methoxy groups -OCH3 is 1. The van der Waals surface area contributed by atoms with Crippen LogP contribution in [-0.4, -0.2) is 24.8 Å². The Labute approximate surface area is 127 Å². The molecule has 0 aliphatic rings. The first kappa shape index (κ1) is 15.7. The Morgan fingerprint density at radius 2 is 1.95 bits per heavy atom. The first-order valence-corrected chi connectivity index (χ1v) is 6.53. The smallest absolute Gasteiger partial charge is 0.189 e. The summed E-state index contributed by atoms with van der Waals surface area (Å²) < 4.78 is 22.7. The lowest BCUT2D eigenvalue weighted by Crippen LogP contribution is -2.00. The van der Waals surface area contributed by atoms with Gasteiger partial charge < -0.3 is 14.6 Å². The molecule has 0 aliphatic carbocycles. The Hall–Kier alpha value is -2.66. The molecule has 0 spiro atoms. The zero-order valence-electron chi connectivity index (χ0n) is 12.0. The molecule has 0 fully saturated rings. The molecule has 22 heavy (non-hydrogen) atoms. The van der Waals surface area contributed by atoms with Crippen LogP contribution in [0.3, 0.4) is 0 Å². The number of phenols is 1. The van der Waals surface area contributed by atoms with Crippen molar-refractivity contribution in [2.75, 3.05) is 13.9 Å². The number of hydrogen-bond acceptors (Lipinski definition) is 4. The van der Waals surface area contributed by atoms with Crippen molar-refractivity contribution in [3.63, 3.8) is 0 Å². The van der Waals surface area contributed by atoms with Crippen LogP contribution in [0.2, 0.25) is 0 Å². The number of benzene rings is 2. The van der Waals surface area contributed by atoms with Gasteiger partial charge in [0, 0.05) is 13.2 Å². The molecule has 0 heterocycles. The summed E-state index contributed by atoms with van der Waals surface area (Å²) in [5.74, 6) is -0.478. The van der Waals surface area contributed by atoms with E-state index in [1.807, 2.05) is 0 Å². The SMILES string of the molecule is COCOc1ccc(C(=O)C=Cc2ccc(F)cc2)c(O)c1. The maximum atomic E-state index is 12.8. The average Bonchev–Trinajstić information content (AvgIpc) is 2.52. The molecule has 0 saturated carbocycles. The molecule has 114 valence electrons. The molecule has 1 N–H and O–H groups in total. The van der Waals surface area contributed by atoms with E-state index in [2.05, 4.69) is 0 Å². The van der Waals surface area contributed by atoms with Crippen molar-refractivity contribution in [1.82, 2.24) is 0 Å². The van der Waals surface area contributed by atoms with Gasteiger partial charge in [0.2, 0.25) is 0 Å². The Balaban J connectivity index is 2.10. The molecule has 0 unspecified atom stereocenters. The van der Waals surface area contributed by atoms with Gasteiger partial charge in [-0.25, -0.2) is 4.39 Å². The summed E-state index contributed by atoms with van der Waals surface area (Å²) in [7, 11) is 1.48. The quantitative estimate of drug-likeness (QED) is 0.505. The minimum atomic E-state index is -0.361. The van der Waals surface area contributed by atoms with Crippen molar-refractivity contribution in [2.45, 2.75) is 0 Å². The molecular formula is C17H15FO4. The highest BCUT2D eigenvalue weighted by Crippen LogP contribution is 2.24. The number of carbonyl (C=O) groups is 1. The topological polar surface area (TPSA) is 55.8 Å². The van der Waals surface area contributed by atoms with E-state index in [0.717, 1.165) is 0 Å². The number of rotatable bonds is 6. The zero-order valence-corrected chi connectivity index (χ0v) is 12.0. The number of aromatic hydroxyl groups is 1. The fraction of sp³-hybridized carbons (Fsp3) is 0.118. The predicted molar refractivity (Wildman–Crippen MR) is 80.4 cm³/mol. The van der Waals surface area contributed by atoms with Gasteiger partial charge in [-0.05, 0) is 35.9 Å². The predicted octanol–water partition coefficient (Wildman–Crippen LogP) is 3.41. The number of carbonyl (C=O) groups excluding carboxylic acids is 1. The molecule has 0 radical (unpaired) electrons. The van der Waals surface area contributed by atoms with Gasteiger partial charge >= 0.3 is 0 Å².